The monoisotopic (exact) mass is 218 g/mol. The molecule has 1 aromatic carbocycles. The van der Waals surface area contributed by atoms with Gasteiger partial charge in [-0.3, -0.25) is 0 Å². The molecule has 1 aliphatic heterocycles. The number of nitrogens with two attached hydrogens (primary N) is 1. The van der Waals surface area contributed by atoms with Gasteiger partial charge in [0.2, 0.25) is 0 Å². The van der Waals surface area contributed by atoms with Crippen LogP contribution in [0.4, 0.5) is 5.69 Å². The third kappa shape index (κ3) is 2.38. The van der Waals surface area contributed by atoms with E-state index in [1.165, 1.54) is 37.1 Å². The Morgan fingerprint density at radius 3 is 2.50 bits per heavy atom. The Kier molecular flexibility index (Phi) is 3.49. The number of hydrogen-bond donors (Lipinski definition) is 1. The highest BCUT2D eigenvalue weighted by molar-refractivity contribution is 5.49. The molecule has 0 aromatic heterocycles. The smallest absolute Gasteiger partial charge is 0.0368 e. The highest BCUT2D eigenvalue weighted by Crippen LogP contribution is 2.25. The second kappa shape index (κ2) is 4.88. The highest BCUT2D eigenvalue weighted by Gasteiger charge is 2.18. The maximum absolute atomic E-state index is 5.86. The Bertz CT molecular complexity index is 329. The number of benzene rings is 1. The molecule has 1 aliphatic rings. The van der Waals surface area contributed by atoms with Gasteiger partial charge in [-0.1, -0.05) is 12.1 Å². The van der Waals surface area contributed by atoms with Gasteiger partial charge in [0.15, 0.2) is 0 Å². The fraction of sp³-hybridized carbons (Fsp3) is 0.571. The summed E-state index contributed by atoms with van der Waals surface area (Å²) in [5.74, 6) is 0. The minimum atomic E-state index is 0.132. The molecule has 1 saturated heterocycles. The number of nitrogens with zero attached hydrogens (tertiary/aromatic N) is 1. The molecule has 0 spiro atoms. The van der Waals surface area contributed by atoms with Crippen LogP contribution < -0.4 is 10.6 Å². The number of hydrogen-bond acceptors (Lipinski definition) is 2. The Morgan fingerprint density at radius 2 is 1.94 bits per heavy atom. The topological polar surface area (TPSA) is 29.3 Å². The highest BCUT2D eigenvalue weighted by atomic mass is 15.2. The van der Waals surface area contributed by atoms with Gasteiger partial charge in [-0.05, 0) is 50.8 Å². The molecule has 2 atom stereocenters. The van der Waals surface area contributed by atoms with Crippen LogP contribution in [0.15, 0.2) is 24.3 Å². The molecule has 0 amide bonds. The van der Waals surface area contributed by atoms with Crippen LogP contribution >= 0.6 is 0 Å². The standard InChI is InChI=1S/C14H22N2/c1-11-5-3-4-10-16(11)14-8-6-13(7-9-14)12(2)15/h6-9,11-12H,3-5,10,15H2,1-2H3/t11?,12-/m0/s1. The van der Waals surface area contributed by atoms with Crippen molar-refractivity contribution in [2.24, 2.45) is 5.73 Å². The van der Waals surface area contributed by atoms with E-state index in [-0.39, 0.29) is 6.04 Å². The van der Waals surface area contributed by atoms with Crippen LogP contribution in [0, 0.1) is 0 Å². The zero-order valence-corrected chi connectivity index (χ0v) is 10.3. The molecule has 2 rings (SSSR count). The average Bonchev–Trinajstić information content (AvgIpc) is 2.30. The SMILES string of the molecule is CC1CCCCN1c1ccc([C@H](C)N)cc1. The van der Waals surface area contributed by atoms with E-state index < -0.39 is 0 Å². The quantitative estimate of drug-likeness (QED) is 0.826. The number of anilines is 1. The van der Waals surface area contributed by atoms with E-state index in [0.717, 1.165) is 0 Å². The molecular weight excluding hydrogens is 196 g/mol. The summed E-state index contributed by atoms with van der Waals surface area (Å²) in [6, 6.07) is 9.53. The fourth-order valence-electron chi connectivity index (χ4n) is 2.45. The van der Waals surface area contributed by atoms with Crippen molar-refractivity contribution in [1.29, 1.82) is 0 Å². The van der Waals surface area contributed by atoms with Crippen molar-refractivity contribution in [3.63, 3.8) is 0 Å². The van der Waals surface area contributed by atoms with Crippen LogP contribution in [-0.4, -0.2) is 12.6 Å². The van der Waals surface area contributed by atoms with Gasteiger partial charge in [0, 0.05) is 24.3 Å². The first kappa shape index (κ1) is 11.5. The molecule has 16 heavy (non-hydrogen) atoms. The van der Waals surface area contributed by atoms with Crippen LogP contribution in [0.5, 0.6) is 0 Å². The molecule has 1 fully saturated rings. The Morgan fingerprint density at radius 1 is 1.25 bits per heavy atom. The van der Waals surface area contributed by atoms with Crippen molar-refractivity contribution in [3.05, 3.63) is 29.8 Å². The molecule has 1 heterocycles. The van der Waals surface area contributed by atoms with Gasteiger partial charge in [0.25, 0.3) is 0 Å². The van der Waals surface area contributed by atoms with Gasteiger partial charge in [-0.2, -0.15) is 0 Å². The van der Waals surface area contributed by atoms with Crippen molar-refractivity contribution in [2.75, 3.05) is 11.4 Å². The maximum atomic E-state index is 5.86. The van der Waals surface area contributed by atoms with Crippen LogP contribution in [0.1, 0.15) is 44.7 Å². The molecule has 2 N–H and O–H groups in total. The molecule has 0 aliphatic carbocycles. The number of piperidine rings is 1. The second-order valence-corrected chi connectivity index (χ2v) is 4.92. The normalized spacial score (nSPS) is 23.2. The van der Waals surface area contributed by atoms with E-state index in [2.05, 4.69) is 36.1 Å². The van der Waals surface area contributed by atoms with Crippen molar-refractivity contribution in [1.82, 2.24) is 0 Å². The minimum Gasteiger partial charge on any atom is -0.369 e. The third-order valence-corrected chi connectivity index (χ3v) is 3.55. The Balaban J connectivity index is 2.14. The lowest BCUT2D eigenvalue weighted by Gasteiger charge is -2.35. The molecule has 2 nitrogen and oxygen atoms in total. The summed E-state index contributed by atoms with van der Waals surface area (Å²) in [4.78, 5) is 2.51. The fourth-order valence-corrected chi connectivity index (χ4v) is 2.45. The first-order valence-corrected chi connectivity index (χ1v) is 6.30. The van der Waals surface area contributed by atoms with Gasteiger partial charge >= 0.3 is 0 Å². The van der Waals surface area contributed by atoms with Gasteiger partial charge in [0.05, 0.1) is 0 Å². The molecule has 88 valence electrons. The van der Waals surface area contributed by atoms with E-state index in [1.807, 2.05) is 6.92 Å². The van der Waals surface area contributed by atoms with Crippen molar-refractivity contribution in [2.45, 2.75) is 45.2 Å². The van der Waals surface area contributed by atoms with Gasteiger partial charge in [0.1, 0.15) is 0 Å². The van der Waals surface area contributed by atoms with E-state index in [1.54, 1.807) is 0 Å². The van der Waals surface area contributed by atoms with E-state index in [9.17, 15) is 0 Å². The zero-order valence-electron chi connectivity index (χ0n) is 10.3. The third-order valence-electron chi connectivity index (χ3n) is 3.55. The predicted molar refractivity (Wildman–Crippen MR) is 69.7 cm³/mol. The molecule has 2 heteroatoms. The van der Waals surface area contributed by atoms with Crippen LogP contribution in [0.3, 0.4) is 0 Å². The lowest BCUT2D eigenvalue weighted by Crippen LogP contribution is -2.37. The van der Waals surface area contributed by atoms with Gasteiger partial charge in [-0.25, -0.2) is 0 Å². The summed E-state index contributed by atoms with van der Waals surface area (Å²) in [6.07, 6.45) is 4.00. The molecular formula is C14H22N2. The van der Waals surface area contributed by atoms with Gasteiger partial charge in [-0.15, -0.1) is 0 Å². The predicted octanol–water partition coefficient (Wildman–Crippen LogP) is 3.09. The summed E-state index contributed by atoms with van der Waals surface area (Å²) in [5, 5.41) is 0. The largest absolute Gasteiger partial charge is 0.369 e. The molecule has 0 radical (unpaired) electrons. The maximum Gasteiger partial charge on any atom is 0.0368 e. The lowest BCUT2D eigenvalue weighted by atomic mass is 10.0. The van der Waals surface area contributed by atoms with E-state index in [0.29, 0.717) is 6.04 Å². The zero-order chi connectivity index (χ0) is 11.5. The lowest BCUT2D eigenvalue weighted by molar-refractivity contribution is 0.485. The Hall–Kier alpha value is -1.02. The summed E-state index contributed by atoms with van der Waals surface area (Å²) >= 11 is 0. The van der Waals surface area contributed by atoms with E-state index in [4.69, 9.17) is 5.73 Å². The van der Waals surface area contributed by atoms with Crippen molar-refractivity contribution < 1.29 is 0 Å². The molecule has 1 unspecified atom stereocenters. The second-order valence-electron chi connectivity index (χ2n) is 4.92. The van der Waals surface area contributed by atoms with E-state index >= 15 is 0 Å². The summed E-state index contributed by atoms with van der Waals surface area (Å²) < 4.78 is 0. The van der Waals surface area contributed by atoms with Gasteiger partial charge < -0.3 is 10.6 Å². The Labute approximate surface area is 98.4 Å². The van der Waals surface area contributed by atoms with Crippen molar-refractivity contribution >= 4 is 5.69 Å². The average molecular weight is 218 g/mol. The summed E-state index contributed by atoms with van der Waals surface area (Å²) in [7, 11) is 0. The van der Waals surface area contributed by atoms with Crippen LogP contribution in [-0.2, 0) is 0 Å². The first-order valence-electron chi connectivity index (χ1n) is 6.30. The molecule has 0 bridgehead atoms. The summed E-state index contributed by atoms with van der Waals surface area (Å²) in [6.45, 7) is 5.54. The number of rotatable bonds is 2. The molecule has 0 saturated carbocycles. The van der Waals surface area contributed by atoms with Crippen LogP contribution in [0.25, 0.3) is 0 Å². The summed E-state index contributed by atoms with van der Waals surface area (Å²) in [5.41, 5.74) is 8.42. The minimum absolute atomic E-state index is 0.132. The van der Waals surface area contributed by atoms with Crippen molar-refractivity contribution in [3.8, 4) is 0 Å². The first-order chi connectivity index (χ1) is 7.68. The van der Waals surface area contributed by atoms with Crippen LogP contribution in [0.2, 0.25) is 0 Å². The molecule has 1 aromatic rings.